The first-order chi connectivity index (χ1) is 6.63. The molecule has 0 aliphatic carbocycles. The van der Waals surface area contributed by atoms with Crippen LogP contribution >= 0.6 is 0 Å². The Morgan fingerprint density at radius 2 is 2.43 bits per heavy atom. The van der Waals surface area contributed by atoms with Crippen molar-refractivity contribution in [3.8, 4) is 0 Å². The van der Waals surface area contributed by atoms with Gasteiger partial charge in [-0.3, -0.25) is 4.79 Å². The van der Waals surface area contributed by atoms with E-state index >= 15 is 0 Å². The number of anilines is 1. The van der Waals surface area contributed by atoms with Crippen LogP contribution in [0.1, 0.15) is 12.5 Å². The second-order valence-electron chi connectivity index (χ2n) is 3.11. The second kappa shape index (κ2) is 4.72. The van der Waals surface area contributed by atoms with Gasteiger partial charge in [-0.1, -0.05) is 0 Å². The maximum atomic E-state index is 11.5. The summed E-state index contributed by atoms with van der Waals surface area (Å²) in [6.45, 7) is 1.73. The quantitative estimate of drug-likeness (QED) is 0.770. The van der Waals surface area contributed by atoms with E-state index in [1.54, 1.807) is 25.3 Å². The lowest BCUT2D eigenvalue weighted by Crippen LogP contribution is -2.21. The van der Waals surface area contributed by atoms with Crippen LogP contribution in [0, 0.1) is 0 Å². The van der Waals surface area contributed by atoms with Crippen molar-refractivity contribution in [3.05, 3.63) is 23.9 Å². The SMILES string of the molecule is COC(C)C(=O)Cc1ccnc(N)c1. The zero-order valence-corrected chi connectivity index (χ0v) is 8.36. The number of nitrogens with two attached hydrogens (primary N) is 1. The van der Waals surface area contributed by atoms with Gasteiger partial charge in [0, 0.05) is 19.7 Å². The fourth-order valence-corrected chi connectivity index (χ4v) is 1.08. The van der Waals surface area contributed by atoms with Crippen molar-refractivity contribution >= 4 is 11.6 Å². The van der Waals surface area contributed by atoms with Gasteiger partial charge in [0.05, 0.1) is 0 Å². The van der Waals surface area contributed by atoms with Gasteiger partial charge >= 0.3 is 0 Å². The van der Waals surface area contributed by atoms with E-state index in [9.17, 15) is 4.79 Å². The lowest BCUT2D eigenvalue weighted by atomic mass is 10.1. The smallest absolute Gasteiger partial charge is 0.165 e. The molecule has 0 amide bonds. The Kier molecular flexibility index (Phi) is 3.59. The van der Waals surface area contributed by atoms with Gasteiger partial charge in [0.1, 0.15) is 11.9 Å². The number of ketones is 1. The topological polar surface area (TPSA) is 65.2 Å². The lowest BCUT2D eigenvalue weighted by Gasteiger charge is -2.07. The largest absolute Gasteiger partial charge is 0.384 e. The molecule has 1 heterocycles. The Hall–Kier alpha value is -1.42. The van der Waals surface area contributed by atoms with Crippen LogP contribution < -0.4 is 5.73 Å². The van der Waals surface area contributed by atoms with Crippen LogP contribution in [0.2, 0.25) is 0 Å². The lowest BCUT2D eigenvalue weighted by molar-refractivity contribution is -0.127. The van der Waals surface area contributed by atoms with Crippen molar-refractivity contribution < 1.29 is 9.53 Å². The molecule has 14 heavy (non-hydrogen) atoms. The van der Waals surface area contributed by atoms with Crippen LogP contribution in [0.3, 0.4) is 0 Å². The molecule has 1 rings (SSSR count). The van der Waals surface area contributed by atoms with E-state index in [2.05, 4.69) is 4.98 Å². The molecule has 0 radical (unpaired) electrons. The highest BCUT2D eigenvalue weighted by molar-refractivity contribution is 5.84. The number of nitrogen functional groups attached to an aromatic ring is 1. The van der Waals surface area contributed by atoms with Gasteiger partial charge in [-0.2, -0.15) is 0 Å². The van der Waals surface area contributed by atoms with E-state index < -0.39 is 0 Å². The normalized spacial score (nSPS) is 12.4. The first-order valence-corrected chi connectivity index (χ1v) is 4.39. The van der Waals surface area contributed by atoms with Gasteiger partial charge < -0.3 is 10.5 Å². The summed E-state index contributed by atoms with van der Waals surface area (Å²) in [5.41, 5.74) is 6.36. The third-order valence-corrected chi connectivity index (χ3v) is 2.03. The Labute approximate surface area is 83.1 Å². The summed E-state index contributed by atoms with van der Waals surface area (Å²) >= 11 is 0. The third-order valence-electron chi connectivity index (χ3n) is 2.03. The molecule has 1 aromatic heterocycles. The van der Waals surface area contributed by atoms with Crippen molar-refractivity contribution in [1.29, 1.82) is 0 Å². The summed E-state index contributed by atoms with van der Waals surface area (Å²) in [5, 5.41) is 0. The van der Waals surface area contributed by atoms with E-state index in [1.165, 1.54) is 7.11 Å². The molecule has 0 saturated carbocycles. The molecule has 4 nitrogen and oxygen atoms in total. The molecular weight excluding hydrogens is 180 g/mol. The maximum Gasteiger partial charge on any atom is 0.165 e. The summed E-state index contributed by atoms with van der Waals surface area (Å²) in [6.07, 6.45) is 1.56. The van der Waals surface area contributed by atoms with Crippen LogP contribution in [-0.4, -0.2) is 24.0 Å². The van der Waals surface area contributed by atoms with E-state index in [0.717, 1.165) is 5.56 Å². The van der Waals surface area contributed by atoms with Crippen molar-refractivity contribution in [2.45, 2.75) is 19.4 Å². The fourth-order valence-electron chi connectivity index (χ4n) is 1.08. The number of pyridine rings is 1. The Balaban J connectivity index is 2.65. The summed E-state index contributed by atoms with van der Waals surface area (Å²) in [6, 6.07) is 3.47. The number of carbonyl (C=O) groups is 1. The second-order valence-corrected chi connectivity index (χ2v) is 3.11. The highest BCUT2D eigenvalue weighted by Crippen LogP contribution is 2.06. The fraction of sp³-hybridized carbons (Fsp3) is 0.400. The summed E-state index contributed by atoms with van der Waals surface area (Å²) in [7, 11) is 1.52. The average Bonchev–Trinajstić information content (AvgIpc) is 2.16. The molecule has 0 fully saturated rings. The molecule has 0 saturated heterocycles. The van der Waals surface area contributed by atoms with E-state index in [1.807, 2.05) is 0 Å². The summed E-state index contributed by atoms with van der Waals surface area (Å²) < 4.78 is 4.92. The number of methoxy groups -OCH3 is 1. The van der Waals surface area contributed by atoms with Crippen LogP contribution in [0.5, 0.6) is 0 Å². The number of nitrogens with zero attached hydrogens (tertiary/aromatic N) is 1. The Bertz CT molecular complexity index is 326. The summed E-state index contributed by atoms with van der Waals surface area (Å²) in [5.74, 6) is 0.471. The maximum absolute atomic E-state index is 11.5. The molecule has 0 spiro atoms. The molecule has 1 aromatic rings. The van der Waals surface area contributed by atoms with Gasteiger partial charge in [-0.25, -0.2) is 4.98 Å². The highest BCUT2D eigenvalue weighted by Gasteiger charge is 2.12. The number of rotatable bonds is 4. The van der Waals surface area contributed by atoms with Crippen LogP contribution in [-0.2, 0) is 16.0 Å². The Morgan fingerprint density at radius 1 is 1.71 bits per heavy atom. The molecule has 1 atom stereocenters. The van der Waals surface area contributed by atoms with Gasteiger partial charge in [0.25, 0.3) is 0 Å². The zero-order chi connectivity index (χ0) is 10.6. The number of carbonyl (C=O) groups excluding carboxylic acids is 1. The zero-order valence-electron chi connectivity index (χ0n) is 8.36. The van der Waals surface area contributed by atoms with Gasteiger partial charge in [0.15, 0.2) is 5.78 Å². The molecule has 2 N–H and O–H groups in total. The first-order valence-electron chi connectivity index (χ1n) is 4.39. The summed E-state index contributed by atoms with van der Waals surface area (Å²) in [4.78, 5) is 15.3. The standard InChI is InChI=1S/C10H14N2O2/c1-7(14-2)9(13)5-8-3-4-12-10(11)6-8/h3-4,6-7H,5H2,1-2H3,(H2,11,12). The van der Waals surface area contributed by atoms with E-state index in [-0.39, 0.29) is 11.9 Å². The highest BCUT2D eigenvalue weighted by atomic mass is 16.5. The van der Waals surface area contributed by atoms with E-state index in [0.29, 0.717) is 12.2 Å². The molecule has 0 bridgehead atoms. The number of hydrogen-bond donors (Lipinski definition) is 1. The molecule has 4 heteroatoms. The molecule has 1 unspecified atom stereocenters. The monoisotopic (exact) mass is 194 g/mol. The average molecular weight is 194 g/mol. The van der Waals surface area contributed by atoms with Crippen molar-refractivity contribution in [1.82, 2.24) is 4.98 Å². The number of Topliss-reactive ketones (excluding diaryl/α,β-unsaturated/α-hetero) is 1. The van der Waals surface area contributed by atoms with Crippen molar-refractivity contribution in [2.75, 3.05) is 12.8 Å². The first kappa shape index (κ1) is 10.7. The van der Waals surface area contributed by atoms with Crippen molar-refractivity contribution in [3.63, 3.8) is 0 Å². The Morgan fingerprint density at radius 3 is 3.00 bits per heavy atom. The van der Waals surface area contributed by atoms with Crippen LogP contribution in [0.4, 0.5) is 5.82 Å². The minimum Gasteiger partial charge on any atom is -0.384 e. The van der Waals surface area contributed by atoms with Gasteiger partial charge in [-0.05, 0) is 24.6 Å². The van der Waals surface area contributed by atoms with Crippen LogP contribution in [0.25, 0.3) is 0 Å². The minimum absolute atomic E-state index is 0.0399. The molecule has 0 aromatic carbocycles. The van der Waals surface area contributed by atoms with Gasteiger partial charge in [0.2, 0.25) is 0 Å². The van der Waals surface area contributed by atoms with Crippen molar-refractivity contribution in [2.24, 2.45) is 0 Å². The van der Waals surface area contributed by atoms with Gasteiger partial charge in [-0.15, -0.1) is 0 Å². The minimum atomic E-state index is -0.371. The molecule has 76 valence electrons. The predicted molar refractivity (Wildman–Crippen MR) is 53.8 cm³/mol. The number of hydrogen-bond acceptors (Lipinski definition) is 4. The molecule has 0 aliphatic heterocycles. The number of aromatic nitrogens is 1. The molecular formula is C10H14N2O2. The molecule has 0 aliphatic rings. The van der Waals surface area contributed by atoms with Crippen LogP contribution in [0.15, 0.2) is 18.3 Å². The van der Waals surface area contributed by atoms with E-state index in [4.69, 9.17) is 10.5 Å². The predicted octanol–water partition coefficient (Wildman–Crippen LogP) is 0.810. The number of ether oxygens (including phenoxy) is 1. The third kappa shape index (κ3) is 2.81.